The van der Waals surface area contributed by atoms with Gasteiger partial charge in [0.1, 0.15) is 22.3 Å². The average Bonchev–Trinajstić information content (AvgIpc) is 2.57. The lowest BCUT2D eigenvalue weighted by molar-refractivity contribution is 0.960. The van der Waals surface area contributed by atoms with Crippen LogP contribution in [-0.2, 0) is 0 Å². The van der Waals surface area contributed by atoms with Gasteiger partial charge in [0, 0.05) is 6.07 Å². The summed E-state index contributed by atoms with van der Waals surface area (Å²) in [4.78, 5) is 11.9. The van der Waals surface area contributed by atoms with Gasteiger partial charge in [-0.2, -0.15) is 5.10 Å². The number of H-pyrrole nitrogens is 1. The molecule has 0 aliphatic heterocycles. The van der Waals surface area contributed by atoms with E-state index in [1.165, 1.54) is 24.4 Å². The summed E-state index contributed by atoms with van der Waals surface area (Å²) in [6, 6.07) is 1.81. The molecule has 0 spiro atoms. The van der Waals surface area contributed by atoms with Gasteiger partial charge in [-0.1, -0.05) is 0 Å². The van der Waals surface area contributed by atoms with Crippen molar-refractivity contribution in [3.05, 3.63) is 23.3 Å². The Morgan fingerprint density at radius 1 is 1.23 bits per heavy atom. The first-order valence-corrected chi connectivity index (χ1v) is 4.96. The Balaban J connectivity index is 2.19. The second kappa shape index (κ2) is 3.84. The number of aromatic amines is 1. The van der Waals surface area contributed by atoms with Gasteiger partial charge >= 0.3 is 0 Å². The quantitative estimate of drug-likeness (QED) is 0.827. The molecule has 13 heavy (non-hydrogen) atoms. The topological polar surface area (TPSA) is 67.3 Å². The number of nitrogens with zero attached hydrogens (tertiary/aromatic N) is 4. The first-order chi connectivity index (χ1) is 6.34. The molecule has 0 atom stereocenters. The van der Waals surface area contributed by atoms with Crippen LogP contribution in [0.25, 0.3) is 0 Å². The minimum atomic E-state index is 0.714. The summed E-state index contributed by atoms with van der Waals surface area (Å²) in [5.74, 6) is 0. The van der Waals surface area contributed by atoms with E-state index in [-0.39, 0.29) is 0 Å². The molecular weight excluding hydrogens is 254 g/mol. The van der Waals surface area contributed by atoms with Gasteiger partial charge in [0.05, 0.1) is 0 Å². The first kappa shape index (κ1) is 8.64. The summed E-state index contributed by atoms with van der Waals surface area (Å²) in [6.07, 6.45) is 2.95. The molecule has 0 bridgehead atoms. The number of hydrogen-bond donors (Lipinski definition) is 1. The van der Waals surface area contributed by atoms with Gasteiger partial charge < -0.3 is 0 Å². The van der Waals surface area contributed by atoms with Crippen LogP contribution in [0.2, 0.25) is 0 Å². The van der Waals surface area contributed by atoms with Crippen molar-refractivity contribution < 1.29 is 0 Å². The van der Waals surface area contributed by atoms with Gasteiger partial charge in [-0.3, -0.25) is 5.10 Å². The molecule has 1 N–H and O–H groups in total. The van der Waals surface area contributed by atoms with E-state index in [1.807, 2.05) is 6.07 Å². The van der Waals surface area contributed by atoms with Crippen LogP contribution in [0.1, 0.15) is 0 Å². The van der Waals surface area contributed by atoms with Crippen LogP contribution in [0.4, 0.5) is 0 Å². The summed E-state index contributed by atoms with van der Waals surface area (Å²) in [5.41, 5.74) is 0. The highest BCUT2D eigenvalue weighted by Crippen LogP contribution is 2.22. The van der Waals surface area contributed by atoms with E-state index in [2.05, 4.69) is 41.1 Å². The SMILES string of the molecule is Brc1cc(Sc2ncn[nH]2)ncn1. The first-order valence-electron chi connectivity index (χ1n) is 3.35. The van der Waals surface area contributed by atoms with E-state index in [0.717, 1.165) is 9.63 Å². The second-order valence-corrected chi connectivity index (χ2v) is 3.89. The van der Waals surface area contributed by atoms with Gasteiger partial charge in [-0.05, 0) is 27.7 Å². The molecule has 0 unspecified atom stereocenters. The highest BCUT2D eigenvalue weighted by atomic mass is 79.9. The summed E-state index contributed by atoms with van der Waals surface area (Å²) >= 11 is 4.65. The Kier molecular flexibility index (Phi) is 2.55. The molecule has 0 saturated heterocycles. The maximum Gasteiger partial charge on any atom is 0.189 e. The van der Waals surface area contributed by atoms with Gasteiger partial charge in [0.15, 0.2) is 5.16 Å². The molecule has 0 aliphatic carbocycles. The Bertz CT molecular complexity index is 390. The van der Waals surface area contributed by atoms with Crippen molar-refractivity contribution in [3.8, 4) is 0 Å². The second-order valence-electron chi connectivity index (χ2n) is 2.07. The molecule has 0 amide bonds. The van der Waals surface area contributed by atoms with Crippen molar-refractivity contribution in [1.29, 1.82) is 0 Å². The average molecular weight is 258 g/mol. The van der Waals surface area contributed by atoms with Crippen LogP contribution < -0.4 is 0 Å². The largest absolute Gasteiger partial charge is 0.254 e. The molecule has 2 aromatic heterocycles. The van der Waals surface area contributed by atoms with Crippen molar-refractivity contribution >= 4 is 27.7 Å². The lowest BCUT2D eigenvalue weighted by Crippen LogP contribution is -1.83. The van der Waals surface area contributed by atoms with Crippen molar-refractivity contribution in [3.63, 3.8) is 0 Å². The fourth-order valence-corrected chi connectivity index (χ4v) is 1.84. The fraction of sp³-hybridized carbons (Fsp3) is 0. The Labute approximate surface area is 86.5 Å². The third kappa shape index (κ3) is 2.25. The van der Waals surface area contributed by atoms with E-state index in [4.69, 9.17) is 0 Å². The van der Waals surface area contributed by atoms with Crippen molar-refractivity contribution in [2.24, 2.45) is 0 Å². The van der Waals surface area contributed by atoms with E-state index in [9.17, 15) is 0 Å². The molecule has 2 heterocycles. The van der Waals surface area contributed by atoms with Gasteiger partial charge in [0.25, 0.3) is 0 Å². The molecular formula is C6H4BrN5S. The summed E-state index contributed by atoms with van der Waals surface area (Å²) in [5, 5.41) is 7.99. The van der Waals surface area contributed by atoms with Crippen LogP contribution >= 0.6 is 27.7 Å². The molecule has 0 aromatic carbocycles. The molecule has 0 aliphatic rings. The lowest BCUT2D eigenvalue weighted by Gasteiger charge is -1.95. The highest BCUT2D eigenvalue weighted by Gasteiger charge is 2.01. The highest BCUT2D eigenvalue weighted by molar-refractivity contribution is 9.10. The van der Waals surface area contributed by atoms with E-state index >= 15 is 0 Å². The van der Waals surface area contributed by atoms with E-state index in [0.29, 0.717) is 5.16 Å². The Morgan fingerprint density at radius 3 is 2.85 bits per heavy atom. The normalized spacial score (nSPS) is 10.2. The van der Waals surface area contributed by atoms with Gasteiger partial charge in [-0.15, -0.1) is 0 Å². The van der Waals surface area contributed by atoms with Gasteiger partial charge in [-0.25, -0.2) is 15.0 Å². The lowest BCUT2D eigenvalue weighted by atomic mass is 10.7. The monoisotopic (exact) mass is 257 g/mol. The fourth-order valence-electron chi connectivity index (χ4n) is 0.716. The van der Waals surface area contributed by atoms with Crippen molar-refractivity contribution in [2.45, 2.75) is 10.2 Å². The number of halogens is 1. The predicted molar refractivity (Wildman–Crippen MR) is 50.2 cm³/mol. The third-order valence-corrected chi connectivity index (χ3v) is 2.46. The maximum atomic E-state index is 4.05. The predicted octanol–water partition coefficient (Wildman–Crippen LogP) is 1.51. The number of aromatic nitrogens is 5. The molecule has 7 heteroatoms. The third-order valence-electron chi connectivity index (χ3n) is 1.20. The van der Waals surface area contributed by atoms with Crippen molar-refractivity contribution in [2.75, 3.05) is 0 Å². The molecule has 2 aromatic rings. The minimum absolute atomic E-state index is 0.714. The molecule has 0 fully saturated rings. The van der Waals surface area contributed by atoms with Crippen molar-refractivity contribution in [1.82, 2.24) is 25.1 Å². The standard InChI is InChI=1S/C6H4BrN5S/c7-4-1-5(9-2-8-4)13-6-10-3-11-12-6/h1-3H,(H,10,11,12). The summed E-state index contributed by atoms with van der Waals surface area (Å²) in [7, 11) is 0. The zero-order chi connectivity index (χ0) is 9.10. The summed E-state index contributed by atoms with van der Waals surface area (Å²) < 4.78 is 0.754. The van der Waals surface area contributed by atoms with Crippen LogP contribution in [0, 0.1) is 0 Å². The molecule has 0 radical (unpaired) electrons. The number of rotatable bonds is 2. The molecule has 0 saturated carbocycles. The van der Waals surface area contributed by atoms with Crippen LogP contribution in [0.15, 0.2) is 33.5 Å². The van der Waals surface area contributed by atoms with Crippen LogP contribution in [0.5, 0.6) is 0 Å². The minimum Gasteiger partial charge on any atom is -0.254 e. The van der Waals surface area contributed by atoms with E-state index in [1.54, 1.807) is 0 Å². The van der Waals surface area contributed by atoms with Crippen LogP contribution in [0.3, 0.4) is 0 Å². The zero-order valence-electron chi connectivity index (χ0n) is 6.31. The Hall–Kier alpha value is -0.950. The number of hydrogen-bond acceptors (Lipinski definition) is 5. The molecule has 2 rings (SSSR count). The zero-order valence-corrected chi connectivity index (χ0v) is 8.71. The van der Waals surface area contributed by atoms with Gasteiger partial charge in [0.2, 0.25) is 0 Å². The number of nitrogens with one attached hydrogen (secondary N) is 1. The van der Waals surface area contributed by atoms with E-state index < -0.39 is 0 Å². The smallest absolute Gasteiger partial charge is 0.189 e. The maximum absolute atomic E-state index is 4.05. The molecule has 66 valence electrons. The Morgan fingerprint density at radius 2 is 2.15 bits per heavy atom. The molecule has 5 nitrogen and oxygen atoms in total. The van der Waals surface area contributed by atoms with Crippen LogP contribution in [-0.4, -0.2) is 25.1 Å². The summed E-state index contributed by atoms with van der Waals surface area (Å²) in [6.45, 7) is 0.